The van der Waals surface area contributed by atoms with Gasteiger partial charge in [0.05, 0.1) is 6.54 Å². The summed E-state index contributed by atoms with van der Waals surface area (Å²) in [5.74, 6) is 0.0536. The molecule has 106 valence electrons. The number of rotatable bonds is 10. The quantitative estimate of drug-likeness (QED) is 0.560. The number of ketones is 1. The van der Waals surface area contributed by atoms with Crippen molar-refractivity contribution in [3.63, 3.8) is 0 Å². The molecule has 0 aliphatic carbocycles. The summed E-state index contributed by atoms with van der Waals surface area (Å²) >= 11 is 0. The van der Waals surface area contributed by atoms with E-state index in [-0.39, 0.29) is 24.3 Å². The number of nitrogens with two attached hydrogens (primary N) is 1. The first-order chi connectivity index (χ1) is 8.54. The van der Waals surface area contributed by atoms with Gasteiger partial charge in [-0.25, -0.2) is 0 Å². The van der Waals surface area contributed by atoms with Crippen LogP contribution in [0.15, 0.2) is 0 Å². The van der Waals surface area contributed by atoms with E-state index in [1.807, 2.05) is 14.0 Å². The molecule has 0 rings (SSSR count). The highest BCUT2D eigenvalue weighted by atomic mass is 16.2. The minimum absolute atomic E-state index is 0.0219. The fraction of sp³-hybridized carbons (Fsp3) is 0.846. The van der Waals surface area contributed by atoms with Crippen LogP contribution in [0.25, 0.3) is 0 Å². The van der Waals surface area contributed by atoms with E-state index in [1.165, 1.54) is 6.92 Å². The Morgan fingerprint density at radius 1 is 1.33 bits per heavy atom. The number of carbonyl (C=O) groups excluding carboxylic acids is 2. The molecule has 0 spiro atoms. The number of amides is 1. The molecule has 0 aromatic heterocycles. The molecular weight excluding hydrogens is 230 g/mol. The maximum absolute atomic E-state index is 11.8. The van der Waals surface area contributed by atoms with Crippen molar-refractivity contribution in [2.24, 2.45) is 5.73 Å². The minimum atomic E-state index is 0.0219. The molecule has 0 bridgehead atoms. The molecule has 0 saturated heterocycles. The maximum atomic E-state index is 11.8. The van der Waals surface area contributed by atoms with Gasteiger partial charge in [0.2, 0.25) is 5.91 Å². The highest BCUT2D eigenvalue weighted by Crippen LogP contribution is 2.04. The zero-order valence-electron chi connectivity index (χ0n) is 11.9. The third kappa shape index (κ3) is 7.40. The normalized spacial score (nSPS) is 12.2. The fourth-order valence-electron chi connectivity index (χ4n) is 1.87. The van der Waals surface area contributed by atoms with E-state index in [0.717, 1.165) is 19.3 Å². The van der Waals surface area contributed by atoms with Crippen molar-refractivity contribution >= 4 is 11.7 Å². The number of likely N-dealkylation sites (N-methyl/N-ethyl adjacent to an activating group) is 1. The third-order valence-electron chi connectivity index (χ3n) is 2.92. The predicted molar refractivity (Wildman–Crippen MR) is 73.3 cm³/mol. The Kier molecular flexibility index (Phi) is 9.50. The van der Waals surface area contributed by atoms with E-state index in [4.69, 9.17) is 5.73 Å². The molecule has 0 fully saturated rings. The molecule has 0 unspecified atom stereocenters. The molecule has 1 amide bonds. The molecule has 0 aromatic rings. The first-order valence-electron chi connectivity index (χ1n) is 6.69. The Hall–Kier alpha value is -0.940. The van der Waals surface area contributed by atoms with Gasteiger partial charge in [0, 0.05) is 19.0 Å². The highest BCUT2D eigenvalue weighted by molar-refractivity contribution is 5.84. The summed E-state index contributed by atoms with van der Waals surface area (Å²) in [6.07, 6.45) is 3.44. The largest absolute Gasteiger partial charge is 0.334 e. The van der Waals surface area contributed by atoms with Crippen LogP contribution >= 0.6 is 0 Å². The Labute approximate surface area is 110 Å². The average Bonchev–Trinajstić information content (AvgIpc) is 2.35. The molecule has 5 nitrogen and oxygen atoms in total. The summed E-state index contributed by atoms with van der Waals surface area (Å²) < 4.78 is 0. The van der Waals surface area contributed by atoms with Gasteiger partial charge < -0.3 is 16.0 Å². The van der Waals surface area contributed by atoms with E-state index in [0.29, 0.717) is 19.5 Å². The summed E-state index contributed by atoms with van der Waals surface area (Å²) in [5, 5.41) is 3.20. The van der Waals surface area contributed by atoms with Gasteiger partial charge in [0.25, 0.3) is 0 Å². The summed E-state index contributed by atoms with van der Waals surface area (Å²) in [6, 6.07) is 0.228. The maximum Gasteiger partial charge on any atom is 0.222 e. The van der Waals surface area contributed by atoms with Crippen molar-refractivity contribution < 1.29 is 9.59 Å². The van der Waals surface area contributed by atoms with Crippen LogP contribution in [0.1, 0.15) is 39.5 Å². The number of nitrogens with zero attached hydrogens (tertiary/aromatic N) is 1. The molecule has 0 saturated carbocycles. The van der Waals surface area contributed by atoms with Gasteiger partial charge in [-0.1, -0.05) is 13.3 Å². The lowest BCUT2D eigenvalue weighted by atomic mass is 10.1. The number of Topliss-reactive ketones (excluding diaryl/α,β-unsaturated/α-hetero) is 1. The minimum Gasteiger partial charge on any atom is -0.334 e. The van der Waals surface area contributed by atoms with Crippen molar-refractivity contribution in [1.29, 1.82) is 0 Å². The van der Waals surface area contributed by atoms with Crippen LogP contribution < -0.4 is 11.1 Å². The van der Waals surface area contributed by atoms with Gasteiger partial charge in [0.1, 0.15) is 5.78 Å². The number of unbranched alkanes of at least 4 members (excludes halogenated alkanes) is 1. The Bertz CT molecular complexity index is 257. The Morgan fingerprint density at radius 2 is 2.00 bits per heavy atom. The fourth-order valence-corrected chi connectivity index (χ4v) is 1.87. The first-order valence-corrected chi connectivity index (χ1v) is 6.69. The second-order valence-corrected chi connectivity index (χ2v) is 4.60. The Morgan fingerprint density at radius 3 is 2.44 bits per heavy atom. The topological polar surface area (TPSA) is 75.4 Å². The van der Waals surface area contributed by atoms with Crippen molar-refractivity contribution in [3.8, 4) is 0 Å². The number of hydrogen-bond donors (Lipinski definition) is 2. The summed E-state index contributed by atoms with van der Waals surface area (Å²) in [4.78, 5) is 24.6. The van der Waals surface area contributed by atoms with Crippen LogP contribution in [0.5, 0.6) is 0 Å². The van der Waals surface area contributed by atoms with Crippen LogP contribution in [0, 0.1) is 0 Å². The van der Waals surface area contributed by atoms with E-state index < -0.39 is 0 Å². The van der Waals surface area contributed by atoms with Gasteiger partial charge >= 0.3 is 0 Å². The van der Waals surface area contributed by atoms with Gasteiger partial charge in [-0.05, 0) is 33.4 Å². The van der Waals surface area contributed by atoms with Crippen LogP contribution in [-0.4, -0.2) is 49.3 Å². The molecule has 0 aromatic carbocycles. The van der Waals surface area contributed by atoms with Crippen molar-refractivity contribution in [2.45, 2.75) is 45.6 Å². The zero-order valence-corrected chi connectivity index (χ0v) is 11.9. The molecule has 0 aliphatic rings. The van der Waals surface area contributed by atoms with Gasteiger partial charge in [-0.15, -0.1) is 0 Å². The molecule has 5 heteroatoms. The Balaban J connectivity index is 4.32. The lowest BCUT2D eigenvalue weighted by Gasteiger charge is -2.26. The summed E-state index contributed by atoms with van der Waals surface area (Å²) in [5.41, 5.74) is 5.46. The lowest BCUT2D eigenvalue weighted by Crippen LogP contribution is -2.44. The molecular formula is C13H27N3O2. The van der Waals surface area contributed by atoms with E-state index in [9.17, 15) is 9.59 Å². The second kappa shape index (κ2) is 10.0. The molecule has 1 atom stereocenters. The smallest absolute Gasteiger partial charge is 0.222 e. The average molecular weight is 257 g/mol. The van der Waals surface area contributed by atoms with Crippen LogP contribution in [0.3, 0.4) is 0 Å². The van der Waals surface area contributed by atoms with Crippen molar-refractivity contribution in [1.82, 2.24) is 10.2 Å². The zero-order chi connectivity index (χ0) is 14.0. The lowest BCUT2D eigenvalue weighted by molar-refractivity contribution is -0.135. The summed E-state index contributed by atoms with van der Waals surface area (Å²) in [6.45, 7) is 4.83. The highest BCUT2D eigenvalue weighted by Gasteiger charge is 2.17. The summed E-state index contributed by atoms with van der Waals surface area (Å²) in [7, 11) is 1.88. The number of carbonyl (C=O) groups is 2. The van der Waals surface area contributed by atoms with E-state index >= 15 is 0 Å². The molecule has 0 aliphatic heterocycles. The monoisotopic (exact) mass is 257 g/mol. The molecule has 3 N–H and O–H groups in total. The van der Waals surface area contributed by atoms with Crippen molar-refractivity contribution in [3.05, 3.63) is 0 Å². The molecule has 0 heterocycles. The van der Waals surface area contributed by atoms with Crippen LogP contribution in [0.2, 0.25) is 0 Å². The van der Waals surface area contributed by atoms with Gasteiger partial charge in [-0.3, -0.25) is 9.59 Å². The van der Waals surface area contributed by atoms with Gasteiger partial charge in [-0.2, -0.15) is 0 Å². The van der Waals surface area contributed by atoms with Crippen LogP contribution in [0.4, 0.5) is 0 Å². The standard InChI is InChI=1S/C13H27N3O2/c1-4-13(18)16(9-11(2)17)10-12(15-3)7-5-6-8-14/h12,15H,4-10,14H2,1-3H3/t12-/m0/s1. The van der Waals surface area contributed by atoms with Crippen molar-refractivity contribution in [2.75, 3.05) is 26.7 Å². The van der Waals surface area contributed by atoms with Crippen LogP contribution in [-0.2, 0) is 9.59 Å². The van der Waals surface area contributed by atoms with Gasteiger partial charge in [0.15, 0.2) is 0 Å². The number of nitrogens with one attached hydrogen (secondary N) is 1. The first kappa shape index (κ1) is 17.1. The SMILES string of the molecule is CCC(=O)N(CC(C)=O)C[C@H](CCCCN)NC. The second-order valence-electron chi connectivity index (χ2n) is 4.60. The predicted octanol–water partition coefficient (Wildman–Crippen LogP) is 0.531. The molecule has 18 heavy (non-hydrogen) atoms. The number of hydrogen-bond acceptors (Lipinski definition) is 4. The van der Waals surface area contributed by atoms with E-state index in [1.54, 1.807) is 4.90 Å². The molecule has 0 radical (unpaired) electrons. The van der Waals surface area contributed by atoms with E-state index in [2.05, 4.69) is 5.32 Å². The third-order valence-corrected chi connectivity index (χ3v) is 2.92.